The molecule has 5 heterocycles. The van der Waals surface area contributed by atoms with Gasteiger partial charge in [0.15, 0.2) is 33.0 Å². The number of aliphatic hydroxyl groups is 1. The SMILES string of the molecule is CC(C)(C)OC(=O)NC1CCCCC1.CC(C)(C)OC(=O)NC1CCN(C(=O)COc2ccc(Cl)c(F)c2)CC1.Fc1cc(OCC2CO2)ccc1Cl.NC1CCN(C(=O)COc2ccc(Cl)c(F)c2)CC1.NC1CCN(C(=O)COc2ccc(Cl)c(F)c2)CC1.O=C(COc1ccc(Cl)c(F)c1)N1CCC(NCC(O)COc2ccc(Cl)c(F)c2)CC1.O=C(O)C(F)(F)F.O=C(O)C(F)(F)F.O=C(O)COc1ccc(Cl)c(F)c1. The number of alkyl halides is 6. The third-order valence-corrected chi connectivity index (χ3v) is 23.1. The highest BCUT2D eigenvalue weighted by molar-refractivity contribution is 6.32. The number of carboxylic acids is 3. The van der Waals surface area contributed by atoms with Gasteiger partial charge in [-0.2, -0.15) is 26.3 Å². The van der Waals surface area contributed by atoms with Gasteiger partial charge in [0.2, 0.25) is 0 Å². The number of nitrogens with zero attached hydrogens (tertiary/aromatic N) is 4. The van der Waals surface area contributed by atoms with E-state index < -0.39 is 101 Å². The predicted molar refractivity (Wildman–Crippen MR) is 529 cm³/mol. The largest absolute Gasteiger partial charge is 0.491 e. The first kappa shape index (κ1) is 129. The van der Waals surface area contributed by atoms with Crippen LogP contribution in [-0.2, 0) is 47.8 Å². The van der Waals surface area contributed by atoms with Crippen molar-refractivity contribution >= 4 is 135 Å². The minimum atomic E-state index is -5.08. The number of aliphatic hydroxyl groups excluding tert-OH is 1. The highest BCUT2D eigenvalue weighted by Gasteiger charge is 2.40. The lowest BCUT2D eigenvalue weighted by molar-refractivity contribution is -0.193. The van der Waals surface area contributed by atoms with Crippen LogP contribution in [0.25, 0.3) is 0 Å². The smallest absolute Gasteiger partial charge is 0.490 e. The van der Waals surface area contributed by atoms with Crippen LogP contribution in [0.15, 0.2) is 127 Å². The van der Waals surface area contributed by atoms with E-state index in [1.807, 2.05) is 20.8 Å². The molecular weight excluding hydrogens is 2170 g/mol. The standard InChI is InChI=1S/C22H24Cl2F2N2O4.C18H24ClFN2O4.2C13H16ClFN2O2.C11H21NO2.C9H8ClFO2.C8H6ClFO3.2C2HF3O2/c23-18-3-1-16(9-20(18)25)31-12-15(29)11-27-14-5-7-28(8-6-14)22(30)13-32-17-2-4-19(24)21(26)10-17;1-18(2,3)26-17(24)21-12-6-8-22(9-7-12)16(23)11-25-13-4-5-14(19)15(20)10-13;2*14-11-2-1-10(7-12(11)15)19-8-13(18)17-5-3-9(16)4-6-17;1-11(2,3)14-10(13)12-9-7-5-4-6-8-9;10-8-2-1-6(3-9(8)11)12-4-7-5-13-7;9-6-2-1-5(3-7(6)10)13-4-8(11)12;2*3-2(4,5)1(6)7/h1-4,9-10,14-15,27,29H,5-8,11-13H2;4-5,10,12H,6-9,11H2,1-3H3,(H,21,24);2*1-2,7,9H,3-6,8,16H2;9H,4-8H2,1-3H3,(H,12,13);1-3,7H,4-5H2;1-3H,4H2,(H,11,12);2*(H,6,7). The Morgan fingerprint density at radius 3 is 0.840 bits per heavy atom. The number of carbonyl (C=O) groups is 9. The summed E-state index contributed by atoms with van der Waals surface area (Å²) in [4.78, 5) is 106. The molecule has 6 fully saturated rings. The van der Waals surface area contributed by atoms with Gasteiger partial charge in [0.1, 0.15) is 118 Å². The van der Waals surface area contributed by atoms with Gasteiger partial charge < -0.3 is 115 Å². The molecule has 0 spiro atoms. The minimum absolute atomic E-state index is 0.00300. The van der Waals surface area contributed by atoms with Crippen molar-refractivity contribution in [3.63, 3.8) is 0 Å². The normalized spacial score (nSPS) is 15.6. The van der Waals surface area contributed by atoms with Gasteiger partial charge in [-0.05, 0) is 191 Å². The van der Waals surface area contributed by atoms with E-state index >= 15 is 0 Å². The van der Waals surface area contributed by atoms with Crippen LogP contribution in [0.1, 0.15) is 125 Å². The van der Waals surface area contributed by atoms with Gasteiger partial charge in [-0.25, -0.2) is 54.7 Å². The Bertz CT molecular complexity index is 5350. The number of rotatable bonds is 26. The van der Waals surface area contributed by atoms with E-state index in [9.17, 15) is 95.7 Å². The first-order valence-corrected chi connectivity index (χ1v) is 48.9. The number of nitrogens with two attached hydrogens (primary N) is 2. The molecule has 0 bridgehead atoms. The number of ether oxygens (including phenoxy) is 10. The number of piperidine rings is 4. The molecule has 11 N–H and O–H groups in total. The summed E-state index contributed by atoms with van der Waals surface area (Å²) in [6, 6.07) is 29.3. The Morgan fingerprint density at radius 1 is 0.367 bits per heavy atom. The van der Waals surface area contributed by atoms with E-state index in [1.54, 1.807) is 46.4 Å². The number of likely N-dealkylation sites (tertiary alicyclic amines) is 4. The molecule has 6 aliphatic rings. The molecule has 0 aromatic heterocycles. The van der Waals surface area contributed by atoms with E-state index in [1.165, 1.54) is 122 Å². The van der Waals surface area contributed by atoms with Gasteiger partial charge in [-0.1, -0.05) is 100 Å². The monoisotopic (exact) mass is 2280 g/mol. The number of carboxylic acid groups (broad SMARTS) is 3. The van der Waals surface area contributed by atoms with Crippen LogP contribution in [0, 0.1) is 40.7 Å². The zero-order chi connectivity index (χ0) is 112. The highest BCUT2D eigenvalue weighted by Crippen LogP contribution is 2.30. The molecule has 6 amide bonds. The Morgan fingerprint density at radius 2 is 0.600 bits per heavy atom. The topological polar surface area (TPSA) is 431 Å². The molecule has 0 radical (unpaired) electrons. The van der Waals surface area contributed by atoms with Crippen molar-refractivity contribution in [2.45, 2.75) is 191 Å². The summed E-state index contributed by atoms with van der Waals surface area (Å²) in [5.41, 5.74) is 10.6. The van der Waals surface area contributed by atoms with Crippen molar-refractivity contribution < 1.29 is 168 Å². The summed E-state index contributed by atoms with van der Waals surface area (Å²) in [7, 11) is 0. The number of carbonyl (C=O) groups excluding carboxylic acids is 6. The lowest BCUT2D eigenvalue weighted by atomic mass is 9.96. The fraction of sp³-hybridized carbons (Fsp3) is 0.480. The van der Waals surface area contributed by atoms with Crippen LogP contribution < -0.4 is 60.6 Å². The number of halogens is 20. The number of amides is 6. The van der Waals surface area contributed by atoms with E-state index in [0.29, 0.717) is 107 Å². The molecule has 1 saturated carbocycles. The van der Waals surface area contributed by atoms with Crippen LogP contribution in [-0.4, -0.2) is 271 Å². The summed E-state index contributed by atoms with van der Waals surface area (Å²) in [6.07, 6.45) is 0.396. The number of hydrogen-bond acceptors (Lipinski definition) is 23. The molecule has 7 aromatic rings. The summed E-state index contributed by atoms with van der Waals surface area (Å²) in [5.74, 6) is -9.19. The maximum Gasteiger partial charge on any atom is 0.490 e. The third-order valence-electron chi connectivity index (χ3n) is 21.0. The average Bonchev–Trinajstić information content (AvgIpc) is 1.22. The van der Waals surface area contributed by atoms with Crippen LogP contribution in [0.5, 0.6) is 40.2 Å². The second-order valence-corrected chi connectivity index (χ2v) is 38.3. The van der Waals surface area contributed by atoms with Gasteiger partial charge in [0.25, 0.3) is 23.6 Å². The number of nitrogens with one attached hydrogen (secondary N) is 3. The van der Waals surface area contributed by atoms with Gasteiger partial charge in [-0.3, -0.25) is 19.2 Å². The predicted octanol–water partition coefficient (Wildman–Crippen LogP) is 19.0. The molecule has 1 aliphatic carbocycles. The first-order valence-electron chi connectivity index (χ1n) is 46.3. The number of epoxide rings is 1. The Kier molecular flexibility index (Phi) is 55.8. The zero-order valence-corrected chi connectivity index (χ0v) is 87.2. The van der Waals surface area contributed by atoms with Crippen LogP contribution >= 0.6 is 81.2 Å². The summed E-state index contributed by atoms with van der Waals surface area (Å²) < 4.78 is 208. The number of aliphatic carboxylic acids is 3. The second kappa shape index (κ2) is 64.7. The third kappa shape index (κ3) is 53.7. The van der Waals surface area contributed by atoms with E-state index in [-0.39, 0.29) is 145 Å². The molecular formula is C98H117Cl7F13N9O23. The number of alkyl carbamates (subject to hydrolysis) is 2. The molecule has 5 saturated heterocycles. The summed E-state index contributed by atoms with van der Waals surface area (Å²) in [6.45, 7) is 16.2. The Hall–Kier alpha value is -11.1. The Labute approximate surface area is 891 Å². The lowest BCUT2D eigenvalue weighted by Crippen LogP contribution is -2.48. The molecule has 7 aromatic carbocycles. The van der Waals surface area contributed by atoms with Crippen molar-refractivity contribution in [2.75, 3.05) is 112 Å². The van der Waals surface area contributed by atoms with Crippen molar-refractivity contribution in [1.29, 1.82) is 0 Å². The molecule has 2 atom stereocenters. The molecule has 150 heavy (non-hydrogen) atoms. The van der Waals surface area contributed by atoms with E-state index in [4.69, 9.17) is 165 Å². The van der Waals surface area contributed by atoms with Crippen molar-refractivity contribution in [1.82, 2.24) is 35.6 Å². The molecule has 2 unspecified atom stereocenters. The highest BCUT2D eigenvalue weighted by atomic mass is 35.5. The maximum absolute atomic E-state index is 13.4. The number of benzene rings is 7. The van der Waals surface area contributed by atoms with Crippen molar-refractivity contribution in [3.05, 3.63) is 203 Å². The molecule has 32 nitrogen and oxygen atoms in total. The van der Waals surface area contributed by atoms with Gasteiger partial charge in [0, 0.05) is 132 Å². The lowest BCUT2D eigenvalue weighted by Gasteiger charge is -2.33. The molecule has 5 aliphatic heterocycles. The Balaban J connectivity index is 0.000000307. The van der Waals surface area contributed by atoms with Crippen molar-refractivity contribution in [3.8, 4) is 40.2 Å². The quantitative estimate of drug-likeness (QED) is 0.0180. The molecule has 52 heteroatoms. The van der Waals surface area contributed by atoms with Crippen LogP contribution in [0.3, 0.4) is 0 Å². The second-order valence-electron chi connectivity index (χ2n) is 35.5. The average molecular weight is 2280 g/mol. The number of hydrogen-bond donors (Lipinski definition) is 9. The molecule has 832 valence electrons. The first-order chi connectivity index (χ1) is 70.3. The molecule has 13 rings (SSSR count). The summed E-state index contributed by atoms with van der Waals surface area (Å²) in [5, 5.41) is 41.7. The van der Waals surface area contributed by atoms with Gasteiger partial charge in [0.05, 0.1) is 41.8 Å². The van der Waals surface area contributed by atoms with Crippen LogP contribution in [0.4, 0.5) is 66.7 Å². The maximum atomic E-state index is 13.4. The zero-order valence-electron chi connectivity index (χ0n) is 81.9. The summed E-state index contributed by atoms with van der Waals surface area (Å²) >= 11 is 38.9. The fourth-order valence-electron chi connectivity index (χ4n) is 13.1. The fourth-order valence-corrected chi connectivity index (χ4v) is 13.9. The van der Waals surface area contributed by atoms with Crippen LogP contribution in [0.2, 0.25) is 35.2 Å². The minimum Gasteiger partial charge on any atom is -0.491 e. The van der Waals surface area contributed by atoms with E-state index in [2.05, 4.69) is 16.0 Å². The van der Waals surface area contributed by atoms with Gasteiger partial charge in [-0.15, -0.1) is 0 Å². The van der Waals surface area contributed by atoms with Crippen molar-refractivity contribution in [2.24, 2.45) is 11.5 Å². The van der Waals surface area contributed by atoms with E-state index in [0.717, 1.165) is 76.2 Å². The van der Waals surface area contributed by atoms with Gasteiger partial charge >= 0.3 is 42.4 Å².